The average molecular weight is 270 g/mol. The van der Waals surface area contributed by atoms with E-state index in [-0.39, 0.29) is 17.2 Å². The van der Waals surface area contributed by atoms with Crippen LogP contribution in [-0.4, -0.2) is 23.1 Å². The summed E-state index contributed by atoms with van der Waals surface area (Å²) < 4.78 is 0. The van der Waals surface area contributed by atoms with Crippen molar-refractivity contribution < 1.29 is 4.79 Å². The average Bonchev–Trinajstić information content (AvgIpc) is 2.72. The van der Waals surface area contributed by atoms with Crippen LogP contribution in [0.15, 0.2) is 29.2 Å². The molecule has 0 radical (unpaired) electrons. The van der Waals surface area contributed by atoms with Gasteiger partial charge >= 0.3 is 0 Å². The first-order chi connectivity index (χ1) is 8.20. The van der Waals surface area contributed by atoms with Crippen LogP contribution >= 0.6 is 23.4 Å². The molecule has 1 aromatic carbocycles. The largest absolute Gasteiger partial charge is 0.353 e. The maximum atomic E-state index is 12.0. The Kier molecular flexibility index (Phi) is 4.35. The van der Waals surface area contributed by atoms with Gasteiger partial charge in [-0.3, -0.25) is 4.79 Å². The normalized spacial score (nSPS) is 19.8. The molecule has 4 heteroatoms. The quantitative estimate of drug-likeness (QED) is 0.852. The predicted molar refractivity (Wildman–Crippen MR) is 72.7 cm³/mol. The summed E-state index contributed by atoms with van der Waals surface area (Å²) in [5.74, 6) is 0.711. The Hall–Kier alpha value is -0.670. The van der Waals surface area contributed by atoms with Gasteiger partial charge < -0.3 is 5.32 Å². The molecular weight excluding hydrogens is 254 g/mol. The third kappa shape index (κ3) is 3.17. The number of amides is 1. The van der Waals surface area contributed by atoms with Crippen LogP contribution in [0.25, 0.3) is 0 Å². The van der Waals surface area contributed by atoms with E-state index in [4.69, 9.17) is 11.6 Å². The van der Waals surface area contributed by atoms with Gasteiger partial charge in [0.05, 0.1) is 5.25 Å². The lowest BCUT2D eigenvalue weighted by Gasteiger charge is -2.15. The van der Waals surface area contributed by atoms with Crippen LogP contribution in [0, 0.1) is 0 Å². The molecule has 0 fully saturated rings. The Morgan fingerprint density at radius 2 is 2.35 bits per heavy atom. The third-order valence-corrected chi connectivity index (χ3v) is 4.41. The van der Waals surface area contributed by atoms with E-state index >= 15 is 0 Å². The summed E-state index contributed by atoms with van der Waals surface area (Å²) in [6.07, 6.45) is 1.65. The summed E-state index contributed by atoms with van der Waals surface area (Å²) in [6.45, 7) is 1.99. The lowest BCUT2D eigenvalue weighted by molar-refractivity contribution is -0.121. The van der Waals surface area contributed by atoms with Gasteiger partial charge in [-0.25, -0.2) is 0 Å². The number of hydrogen-bond acceptors (Lipinski definition) is 2. The second kappa shape index (κ2) is 5.78. The van der Waals surface area contributed by atoms with Crippen LogP contribution in [0.3, 0.4) is 0 Å². The van der Waals surface area contributed by atoms with Gasteiger partial charge in [0.25, 0.3) is 0 Å². The highest BCUT2D eigenvalue weighted by atomic mass is 35.5. The van der Waals surface area contributed by atoms with Crippen LogP contribution in [-0.2, 0) is 11.2 Å². The second-order valence-electron chi connectivity index (χ2n) is 4.31. The molecule has 1 aliphatic heterocycles. The number of fused-ring (bicyclic) bond motifs is 1. The first kappa shape index (κ1) is 12.8. The smallest absolute Gasteiger partial charge is 0.234 e. The maximum Gasteiger partial charge on any atom is 0.234 e. The van der Waals surface area contributed by atoms with Gasteiger partial charge in [0.1, 0.15) is 0 Å². The van der Waals surface area contributed by atoms with E-state index in [1.54, 1.807) is 11.8 Å². The molecule has 2 unspecified atom stereocenters. The van der Waals surface area contributed by atoms with Gasteiger partial charge in [-0.1, -0.05) is 18.2 Å². The lowest BCUT2D eigenvalue weighted by Crippen LogP contribution is -2.38. The van der Waals surface area contributed by atoms with Crippen molar-refractivity contribution in [3.8, 4) is 0 Å². The van der Waals surface area contributed by atoms with Gasteiger partial charge in [-0.15, -0.1) is 23.4 Å². The maximum absolute atomic E-state index is 12.0. The number of alkyl halides is 1. The zero-order valence-electron chi connectivity index (χ0n) is 9.78. The molecule has 0 bridgehead atoms. The molecule has 0 saturated heterocycles. The van der Waals surface area contributed by atoms with Crippen LogP contribution in [0.5, 0.6) is 0 Å². The van der Waals surface area contributed by atoms with Crippen LogP contribution in [0.1, 0.15) is 18.9 Å². The molecule has 0 saturated carbocycles. The van der Waals surface area contributed by atoms with Crippen molar-refractivity contribution in [2.75, 3.05) is 5.88 Å². The number of halogens is 1. The zero-order valence-corrected chi connectivity index (χ0v) is 11.4. The molecule has 0 aliphatic carbocycles. The molecule has 1 amide bonds. The highest BCUT2D eigenvalue weighted by Crippen LogP contribution is 2.36. The van der Waals surface area contributed by atoms with E-state index in [1.165, 1.54) is 10.5 Å². The first-order valence-corrected chi connectivity index (χ1v) is 7.23. The van der Waals surface area contributed by atoms with E-state index in [1.807, 2.05) is 19.1 Å². The summed E-state index contributed by atoms with van der Waals surface area (Å²) in [4.78, 5) is 13.3. The molecule has 0 spiro atoms. The number of hydrogen-bond donors (Lipinski definition) is 1. The summed E-state index contributed by atoms with van der Waals surface area (Å²) in [6, 6.07) is 8.37. The highest BCUT2D eigenvalue weighted by molar-refractivity contribution is 8.01. The van der Waals surface area contributed by atoms with Crippen molar-refractivity contribution in [3.05, 3.63) is 29.8 Å². The van der Waals surface area contributed by atoms with Gasteiger partial charge in [0.2, 0.25) is 5.91 Å². The van der Waals surface area contributed by atoms with Gasteiger partial charge in [0.15, 0.2) is 0 Å². The number of nitrogens with one attached hydrogen (secondary N) is 1. The van der Waals surface area contributed by atoms with Crippen LogP contribution in [0.4, 0.5) is 0 Å². The number of carbonyl (C=O) groups is 1. The van der Waals surface area contributed by atoms with Crippen molar-refractivity contribution in [1.82, 2.24) is 5.32 Å². The molecule has 92 valence electrons. The molecule has 17 heavy (non-hydrogen) atoms. The number of carbonyl (C=O) groups excluding carboxylic acids is 1. The van der Waals surface area contributed by atoms with Gasteiger partial charge in [-0.2, -0.15) is 0 Å². The SMILES string of the molecule is CC(CCCl)NC(=O)C1Cc2ccccc2S1. The number of rotatable bonds is 4. The molecule has 1 heterocycles. The summed E-state index contributed by atoms with van der Waals surface area (Å²) in [7, 11) is 0. The fourth-order valence-corrected chi connectivity index (χ4v) is 3.43. The van der Waals surface area contributed by atoms with Crippen molar-refractivity contribution in [1.29, 1.82) is 0 Å². The molecule has 2 rings (SSSR count). The van der Waals surface area contributed by atoms with E-state index in [2.05, 4.69) is 17.4 Å². The minimum absolute atomic E-state index is 0.0187. The molecule has 2 nitrogen and oxygen atoms in total. The Labute approximate surface area is 111 Å². The van der Waals surface area contributed by atoms with Crippen molar-refractivity contribution >= 4 is 29.3 Å². The van der Waals surface area contributed by atoms with Gasteiger partial charge in [-0.05, 0) is 31.4 Å². The van der Waals surface area contributed by atoms with Crippen molar-refractivity contribution in [2.24, 2.45) is 0 Å². The second-order valence-corrected chi connectivity index (χ2v) is 5.93. The first-order valence-electron chi connectivity index (χ1n) is 5.81. The Bertz CT molecular complexity index is 385. The zero-order chi connectivity index (χ0) is 12.3. The van der Waals surface area contributed by atoms with Crippen LogP contribution < -0.4 is 5.32 Å². The monoisotopic (exact) mass is 269 g/mol. The van der Waals surface area contributed by atoms with E-state index in [0.717, 1.165) is 12.8 Å². The van der Waals surface area contributed by atoms with E-state index < -0.39 is 0 Å². The van der Waals surface area contributed by atoms with E-state index in [0.29, 0.717) is 5.88 Å². The molecule has 1 N–H and O–H groups in total. The standard InChI is InChI=1S/C13H16ClNOS/c1-9(6-7-14)15-13(16)12-8-10-4-2-3-5-11(10)17-12/h2-5,9,12H,6-8H2,1H3,(H,15,16). The van der Waals surface area contributed by atoms with Crippen molar-refractivity contribution in [2.45, 2.75) is 36.0 Å². The predicted octanol–water partition coefficient (Wildman–Crippen LogP) is 2.84. The summed E-state index contributed by atoms with van der Waals surface area (Å²) >= 11 is 7.32. The molecule has 0 aromatic heterocycles. The highest BCUT2D eigenvalue weighted by Gasteiger charge is 2.28. The number of thioether (sulfide) groups is 1. The summed E-state index contributed by atoms with van der Waals surface area (Å²) in [5, 5.41) is 3.03. The van der Waals surface area contributed by atoms with Crippen LogP contribution in [0.2, 0.25) is 0 Å². The topological polar surface area (TPSA) is 29.1 Å². The molecule has 2 atom stereocenters. The fourth-order valence-electron chi connectivity index (χ4n) is 1.90. The Morgan fingerprint density at radius 1 is 1.59 bits per heavy atom. The minimum atomic E-state index is 0.0187. The lowest BCUT2D eigenvalue weighted by atomic mass is 10.1. The van der Waals surface area contributed by atoms with Gasteiger partial charge in [0, 0.05) is 16.8 Å². The third-order valence-electron chi connectivity index (χ3n) is 2.87. The molecular formula is C13H16ClNOS. The van der Waals surface area contributed by atoms with E-state index in [9.17, 15) is 4.79 Å². The molecule has 1 aliphatic rings. The summed E-state index contributed by atoms with van der Waals surface area (Å²) in [5.41, 5.74) is 1.28. The molecule has 1 aromatic rings. The Morgan fingerprint density at radius 3 is 3.06 bits per heavy atom. The van der Waals surface area contributed by atoms with Crippen molar-refractivity contribution in [3.63, 3.8) is 0 Å². The minimum Gasteiger partial charge on any atom is -0.353 e. The fraction of sp³-hybridized carbons (Fsp3) is 0.462. The Balaban J connectivity index is 1.92. The number of benzene rings is 1.